The van der Waals surface area contributed by atoms with Crippen molar-refractivity contribution < 1.29 is 9.53 Å². The predicted octanol–water partition coefficient (Wildman–Crippen LogP) is 2.36. The largest absolute Gasteiger partial charge is 0.466 e. The van der Waals surface area contributed by atoms with Gasteiger partial charge in [-0.15, -0.1) is 10.2 Å². The van der Waals surface area contributed by atoms with Gasteiger partial charge in [-0.3, -0.25) is 9.69 Å². The zero-order chi connectivity index (χ0) is 24.6. The van der Waals surface area contributed by atoms with Gasteiger partial charge in [-0.2, -0.15) is 0 Å². The Morgan fingerprint density at radius 3 is 2.39 bits per heavy atom. The summed E-state index contributed by atoms with van der Waals surface area (Å²) in [6.07, 6.45) is 3.88. The fourth-order valence-electron chi connectivity index (χ4n) is 4.83. The summed E-state index contributed by atoms with van der Waals surface area (Å²) < 4.78 is 5.61. The lowest BCUT2D eigenvalue weighted by molar-refractivity contribution is -0.124. The average molecular weight is 488 g/mol. The number of likely N-dealkylation sites (tertiary alicyclic amines) is 1. The highest BCUT2D eigenvalue weighted by Gasteiger charge is 2.22. The van der Waals surface area contributed by atoms with Crippen LogP contribution in [0.4, 0.5) is 11.6 Å². The number of carbonyl (C=O) groups is 1. The van der Waals surface area contributed by atoms with Gasteiger partial charge in [-0.05, 0) is 43.1 Å². The van der Waals surface area contributed by atoms with E-state index in [1.54, 1.807) is 6.07 Å². The molecular formula is C27H33N7O2. The van der Waals surface area contributed by atoms with Gasteiger partial charge >= 0.3 is 0 Å². The summed E-state index contributed by atoms with van der Waals surface area (Å²) >= 11 is 0. The van der Waals surface area contributed by atoms with Crippen molar-refractivity contribution in [1.29, 1.82) is 0 Å². The number of rotatable bonds is 8. The number of nitrogens with zero attached hydrogens (tertiary/aromatic N) is 6. The molecule has 9 heteroatoms. The Labute approximate surface area is 212 Å². The third kappa shape index (κ3) is 6.48. The first-order valence-electron chi connectivity index (χ1n) is 12.7. The van der Waals surface area contributed by atoms with Crippen molar-refractivity contribution in [3.63, 3.8) is 0 Å². The van der Waals surface area contributed by atoms with Gasteiger partial charge in [0, 0.05) is 57.6 Å². The molecule has 1 aromatic carbocycles. The van der Waals surface area contributed by atoms with E-state index in [-0.39, 0.29) is 18.6 Å². The highest BCUT2D eigenvalue weighted by Crippen LogP contribution is 2.18. The van der Waals surface area contributed by atoms with Crippen molar-refractivity contribution in [2.75, 3.05) is 55.7 Å². The van der Waals surface area contributed by atoms with Crippen LogP contribution in [0.25, 0.3) is 0 Å². The van der Waals surface area contributed by atoms with E-state index in [0.29, 0.717) is 5.88 Å². The van der Waals surface area contributed by atoms with E-state index in [1.165, 1.54) is 5.56 Å². The van der Waals surface area contributed by atoms with Crippen molar-refractivity contribution in [2.45, 2.75) is 25.4 Å². The molecule has 5 rings (SSSR count). The van der Waals surface area contributed by atoms with Crippen LogP contribution in [0.3, 0.4) is 0 Å². The van der Waals surface area contributed by atoms with Gasteiger partial charge in [-0.25, -0.2) is 4.98 Å². The van der Waals surface area contributed by atoms with Crippen molar-refractivity contribution in [3.05, 3.63) is 72.4 Å². The monoisotopic (exact) mass is 487 g/mol. The molecule has 0 saturated carbocycles. The van der Waals surface area contributed by atoms with Crippen LogP contribution < -0.4 is 19.9 Å². The lowest BCUT2D eigenvalue weighted by Crippen LogP contribution is -2.48. The van der Waals surface area contributed by atoms with Crippen LogP contribution in [0.5, 0.6) is 5.88 Å². The van der Waals surface area contributed by atoms with Gasteiger partial charge in [0.1, 0.15) is 5.82 Å². The quantitative estimate of drug-likeness (QED) is 0.518. The van der Waals surface area contributed by atoms with E-state index in [2.05, 4.69) is 59.5 Å². The molecule has 0 aliphatic carbocycles. The first-order valence-corrected chi connectivity index (χ1v) is 12.7. The molecule has 1 atom stereocenters. The fourth-order valence-corrected chi connectivity index (χ4v) is 4.83. The second kappa shape index (κ2) is 11.8. The van der Waals surface area contributed by atoms with Crippen molar-refractivity contribution in [1.82, 2.24) is 25.4 Å². The molecule has 36 heavy (non-hydrogen) atoms. The molecule has 0 unspecified atom stereocenters. The fraction of sp³-hybridized carbons (Fsp3) is 0.407. The van der Waals surface area contributed by atoms with E-state index < -0.39 is 0 Å². The Morgan fingerprint density at radius 2 is 1.67 bits per heavy atom. The Morgan fingerprint density at radius 1 is 0.889 bits per heavy atom. The van der Waals surface area contributed by atoms with Crippen LogP contribution in [-0.2, 0) is 11.3 Å². The number of piperazine rings is 1. The number of benzene rings is 1. The molecular weight excluding hydrogens is 454 g/mol. The SMILES string of the molecule is O=C(COc1ccc(N2CCN(c3ccccn3)CC2)nn1)N[C@H]1CCCN(Cc2ccccc2)C1. The first-order chi connectivity index (χ1) is 17.7. The molecule has 2 aliphatic rings. The molecule has 0 radical (unpaired) electrons. The summed E-state index contributed by atoms with van der Waals surface area (Å²) in [5.41, 5.74) is 1.30. The topological polar surface area (TPSA) is 86.7 Å². The summed E-state index contributed by atoms with van der Waals surface area (Å²) in [7, 11) is 0. The molecule has 2 fully saturated rings. The zero-order valence-electron chi connectivity index (χ0n) is 20.5. The van der Waals surface area contributed by atoms with E-state index in [1.807, 2.05) is 36.5 Å². The second-order valence-corrected chi connectivity index (χ2v) is 9.31. The van der Waals surface area contributed by atoms with Crippen molar-refractivity contribution in [3.8, 4) is 5.88 Å². The minimum Gasteiger partial charge on any atom is -0.466 e. The zero-order valence-corrected chi connectivity index (χ0v) is 20.5. The number of piperidine rings is 1. The van der Waals surface area contributed by atoms with Crippen molar-refractivity contribution in [2.24, 2.45) is 0 Å². The van der Waals surface area contributed by atoms with Crippen LogP contribution in [-0.4, -0.2) is 77.9 Å². The minimum atomic E-state index is -0.127. The number of nitrogens with one attached hydrogen (secondary N) is 1. The highest BCUT2D eigenvalue weighted by molar-refractivity contribution is 5.77. The maximum Gasteiger partial charge on any atom is 0.258 e. The van der Waals surface area contributed by atoms with Gasteiger partial charge < -0.3 is 19.9 Å². The molecule has 2 aromatic heterocycles. The third-order valence-corrected chi connectivity index (χ3v) is 6.67. The number of carbonyl (C=O) groups excluding carboxylic acids is 1. The van der Waals surface area contributed by atoms with Crippen LogP contribution in [0.1, 0.15) is 18.4 Å². The number of anilines is 2. The van der Waals surface area contributed by atoms with Crippen LogP contribution in [0.15, 0.2) is 66.9 Å². The molecule has 0 spiro atoms. The van der Waals surface area contributed by atoms with Gasteiger partial charge in [0.2, 0.25) is 5.88 Å². The average Bonchev–Trinajstić information content (AvgIpc) is 2.94. The lowest BCUT2D eigenvalue weighted by Gasteiger charge is -2.35. The normalized spacial score (nSPS) is 18.6. The third-order valence-electron chi connectivity index (χ3n) is 6.67. The number of amides is 1. The maximum absolute atomic E-state index is 12.5. The molecule has 1 N–H and O–H groups in total. The number of ether oxygens (including phenoxy) is 1. The van der Waals surface area contributed by atoms with Gasteiger partial charge in [0.25, 0.3) is 5.91 Å². The van der Waals surface area contributed by atoms with Gasteiger partial charge in [0.15, 0.2) is 12.4 Å². The Balaban J connectivity index is 1.04. The molecule has 3 aromatic rings. The summed E-state index contributed by atoms with van der Waals surface area (Å²) in [6, 6.07) is 20.2. The molecule has 4 heterocycles. The molecule has 1 amide bonds. The second-order valence-electron chi connectivity index (χ2n) is 9.31. The molecule has 2 saturated heterocycles. The molecule has 9 nitrogen and oxygen atoms in total. The van der Waals surface area contributed by atoms with Crippen LogP contribution in [0, 0.1) is 0 Å². The van der Waals surface area contributed by atoms with Crippen LogP contribution >= 0.6 is 0 Å². The standard InChI is InChI=1S/C27H33N7O2/c35-26(29-23-9-6-14-32(20-23)19-22-7-2-1-3-8-22)21-36-27-12-11-25(30-31-27)34-17-15-33(16-18-34)24-10-4-5-13-28-24/h1-5,7-8,10-13,23H,6,9,14-21H2,(H,29,35)/t23-/m0/s1. The van der Waals surface area contributed by atoms with E-state index in [9.17, 15) is 4.79 Å². The number of aromatic nitrogens is 3. The van der Waals surface area contributed by atoms with E-state index in [4.69, 9.17) is 4.74 Å². The highest BCUT2D eigenvalue weighted by atomic mass is 16.5. The molecule has 2 aliphatic heterocycles. The predicted molar refractivity (Wildman–Crippen MR) is 139 cm³/mol. The number of hydrogen-bond donors (Lipinski definition) is 1. The van der Waals surface area contributed by atoms with Crippen LogP contribution in [0.2, 0.25) is 0 Å². The van der Waals surface area contributed by atoms with Gasteiger partial charge in [-0.1, -0.05) is 36.4 Å². The summed E-state index contributed by atoms with van der Waals surface area (Å²) in [5.74, 6) is 2.05. The molecule has 0 bridgehead atoms. The molecule has 188 valence electrons. The lowest BCUT2D eigenvalue weighted by atomic mass is 10.0. The Hall–Kier alpha value is -3.72. The smallest absolute Gasteiger partial charge is 0.258 e. The van der Waals surface area contributed by atoms with Gasteiger partial charge in [0.05, 0.1) is 0 Å². The Bertz CT molecular complexity index is 1090. The summed E-state index contributed by atoms with van der Waals surface area (Å²) in [5, 5.41) is 11.6. The Kier molecular flexibility index (Phi) is 7.87. The maximum atomic E-state index is 12.5. The number of pyridine rings is 1. The summed E-state index contributed by atoms with van der Waals surface area (Å²) in [4.78, 5) is 23.8. The van der Waals surface area contributed by atoms with Crippen molar-refractivity contribution >= 4 is 17.5 Å². The first kappa shape index (κ1) is 24.0. The van der Waals surface area contributed by atoms with E-state index >= 15 is 0 Å². The summed E-state index contributed by atoms with van der Waals surface area (Å²) in [6.45, 7) is 6.19. The number of hydrogen-bond acceptors (Lipinski definition) is 8. The minimum absolute atomic E-state index is 0.0635. The van der Waals surface area contributed by atoms with E-state index in [0.717, 1.165) is 70.3 Å².